The van der Waals surface area contributed by atoms with Gasteiger partial charge in [-0.05, 0) is 32.7 Å². The molecule has 0 aliphatic heterocycles. The lowest BCUT2D eigenvalue weighted by Gasteiger charge is -2.23. The molecule has 0 unspecified atom stereocenters. The highest BCUT2D eigenvalue weighted by atomic mass is 32.1. The highest BCUT2D eigenvalue weighted by Crippen LogP contribution is 2.32. The molecule has 0 atom stereocenters. The fourth-order valence-electron chi connectivity index (χ4n) is 1.60. The molecule has 1 aliphatic carbocycles. The number of thiazole rings is 1. The fraction of sp³-hybridized carbons (Fsp3) is 0.727. The molecule has 1 aromatic heterocycles. The first-order valence-corrected chi connectivity index (χ1v) is 6.21. The third kappa shape index (κ3) is 2.55. The normalized spacial score (nSPS) is 17.3. The fourth-order valence-corrected chi connectivity index (χ4v) is 2.34. The van der Waals surface area contributed by atoms with Crippen molar-refractivity contribution in [1.29, 1.82) is 0 Å². The second-order valence-electron chi connectivity index (χ2n) is 4.62. The van der Waals surface area contributed by atoms with Gasteiger partial charge in [-0.1, -0.05) is 12.8 Å². The Morgan fingerprint density at radius 3 is 2.93 bits per heavy atom. The Balaban J connectivity index is 1.81. The molecule has 1 saturated carbocycles. The van der Waals surface area contributed by atoms with Crippen molar-refractivity contribution in [1.82, 2.24) is 10.3 Å². The zero-order valence-corrected chi connectivity index (χ0v) is 9.73. The highest BCUT2D eigenvalue weighted by molar-refractivity contribution is 7.09. The third-order valence-electron chi connectivity index (χ3n) is 2.78. The van der Waals surface area contributed by atoms with E-state index in [1.807, 2.05) is 11.6 Å². The maximum Gasteiger partial charge on any atom is 0.112 e. The molecule has 3 heteroatoms. The topological polar surface area (TPSA) is 24.9 Å². The number of aromatic nitrogens is 1. The SMILES string of the molecule is CC(C)(NCCC1CC1)c1nccs1. The summed E-state index contributed by atoms with van der Waals surface area (Å²) in [7, 11) is 0. The van der Waals surface area contributed by atoms with Gasteiger partial charge in [-0.15, -0.1) is 11.3 Å². The van der Waals surface area contributed by atoms with Crippen LogP contribution >= 0.6 is 11.3 Å². The van der Waals surface area contributed by atoms with Crippen molar-refractivity contribution in [3.05, 3.63) is 16.6 Å². The summed E-state index contributed by atoms with van der Waals surface area (Å²) in [5, 5.41) is 6.81. The Morgan fingerprint density at radius 1 is 1.57 bits per heavy atom. The Labute approximate surface area is 89.8 Å². The minimum Gasteiger partial charge on any atom is -0.306 e. The summed E-state index contributed by atoms with van der Waals surface area (Å²) < 4.78 is 0. The lowest BCUT2D eigenvalue weighted by Crippen LogP contribution is -2.37. The van der Waals surface area contributed by atoms with Gasteiger partial charge in [0.25, 0.3) is 0 Å². The van der Waals surface area contributed by atoms with E-state index in [2.05, 4.69) is 24.1 Å². The highest BCUT2D eigenvalue weighted by Gasteiger charge is 2.25. The molecule has 1 aromatic rings. The molecule has 0 saturated heterocycles. The minimum absolute atomic E-state index is 0.0447. The molecule has 1 fully saturated rings. The monoisotopic (exact) mass is 210 g/mol. The molecule has 78 valence electrons. The van der Waals surface area contributed by atoms with Gasteiger partial charge in [-0.3, -0.25) is 0 Å². The molecular weight excluding hydrogens is 192 g/mol. The van der Waals surface area contributed by atoms with Gasteiger partial charge in [-0.25, -0.2) is 4.98 Å². The van der Waals surface area contributed by atoms with Crippen LogP contribution < -0.4 is 5.32 Å². The van der Waals surface area contributed by atoms with Gasteiger partial charge in [0.05, 0.1) is 5.54 Å². The summed E-state index contributed by atoms with van der Waals surface area (Å²) in [6, 6.07) is 0. The standard InChI is InChI=1S/C11H18N2S/c1-11(2,10-12-7-8-14-10)13-6-5-9-3-4-9/h7-9,13H,3-6H2,1-2H3. The zero-order valence-electron chi connectivity index (χ0n) is 8.92. The average molecular weight is 210 g/mol. The molecule has 2 rings (SSSR count). The molecular formula is C11H18N2S. The largest absolute Gasteiger partial charge is 0.306 e. The van der Waals surface area contributed by atoms with Gasteiger partial charge >= 0.3 is 0 Å². The van der Waals surface area contributed by atoms with Crippen LogP contribution in [0.3, 0.4) is 0 Å². The van der Waals surface area contributed by atoms with Crippen molar-refractivity contribution in [2.24, 2.45) is 5.92 Å². The van der Waals surface area contributed by atoms with Crippen molar-refractivity contribution in [3.8, 4) is 0 Å². The number of nitrogens with one attached hydrogen (secondary N) is 1. The number of rotatable bonds is 5. The summed E-state index contributed by atoms with van der Waals surface area (Å²) in [5.41, 5.74) is 0.0447. The van der Waals surface area contributed by atoms with Gasteiger partial charge in [0.15, 0.2) is 0 Å². The molecule has 2 nitrogen and oxygen atoms in total. The molecule has 1 N–H and O–H groups in total. The predicted octanol–water partition coefficient (Wildman–Crippen LogP) is 2.77. The lowest BCUT2D eigenvalue weighted by molar-refractivity contribution is 0.393. The van der Waals surface area contributed by atoms with Crippen molar-refractivity contribution in [3.63, 3.8) is 0 Å². The summed E-state index contributed by atoms with van der Waals surface area (Å²) >= 11 is 1.73. The van der Waals surface area contributed by atoms with E-state index >= 15 is 0 Å². The molecule has 0 bridgehead atoms. The van der Waals surface area contributed by atoms with E-state index < -0.39 is 0 Å². The van der Waals surface area contributed by atoms with Crippen LogP contribution in [0.1, 0.15) is 38.1 Å². The van der Waals surface area contributed by atoms with E-state index in [1.165, 1.54) is 24.3 Å². The molecule has 14 heavy (non-hydrogen) atoms. The Hall–Kier alpha value is -0.410. The summed E-state index contributed by atoms with van der Waals surface area (Å²) in [5.74, 6) is 1.01. The van der Waals surface area contributed by atoms with E-state index in [1.54, 1.807) is 11.3 Å². The van der Waals surface area contributed by atoms with Gasteiger partial charge in [0.1, 0.15) is 5.01 Å². The minimum atomic E-state index is 0.0447. The third-order valence-corrected chi connectivity index (χ3v) is 3.88. The quantitative estimate of drug-likeness (QED) is 0.808. The van der Waals surface area contributed by atoms with Crippen LogP contribution in [-0.4, -0.2) is 11.5 Å². The number of hydrogen-bond donors (Lipinski definition) is 1. The van der Waals surface area contributed by atoms with E-state index in [0.717, 1.165) is 12.5 Å². The van der Waals surface area contributed by atoms with E-state index in [4.69, 9.17) is 0 Å². The van der Waals surface area contributed by atoms with E-state index in [9.17, 15) is 0 Å². The van der Waals surface area contributed by atoms with Gasteiger partial charge in [0, 0.05) is 11.6 Å². The van der Waals surface area contributed by atoms with Gasteiger partial charge < -0.3 is 5.32 Å². The van der Waals surface area contributed by atoms with Crippen molar-refractivity contribution < 1.29 is 0 Å². The van der Waals surface area contributed by atoms with Crippen LogP contribution in [0.2, 0.25) is 0 Å². The molecule has 1 aliphatic rings. The molecule has 0 amide bonds. The first kappa shape index (κ1) is 10.1. The molecule has 1 heterocycles. The maximum absolute atomic E-state index is 4.36. The predicted molar refractivity (Wildman–Crippen MR) is 60.5 cm³/mol. The van der Waals surface area contributed by atoms with Crippen molar-refractivity contribution in [2.45, 2.75) is 38.6 Å². The van der Waals surface area contributed by atoms with Gasteiger partial charge in [0.2, 0.25) is 0 Å². The second-order valence-corrected chi connectivity index (χ2v) is 5.52. The average Bonchev–Trinajstić information content (AvgIpc) is 2.80. The molecule has 0 aromatic carbocycles. The lowest BCUT2D eigenvalue weighted by atomic mass is 10.1. The Bertz CT molecular complexity index is 275. The van der Waals surface area contributed by atoms with Crippen LogP contribution in [0.5, 0.6) is 0 Å². The van der Waals surface area contributed by atoms with Crippen LogP contribution in [0, 0.1) is 5.92 Å². The summed E-state index contributed by atoms with van der Waals surface area (Å²) in [4.78, 5) is 4.36. The van der Waals surface area contributed by atoms with Crippen molar-refractivity contribution in [2.75, 3.05) is 6.54 Å². The maximum atomic E-state index is 4.36. The van der Waals surface area contributed by atoms with Crippen LogP contribution in [0.25, 0.3) is 0 Å². The van der Waals surface area contributed by atoms with Crippen LogP contribution in [0.4, 0.5) is 0 Å². The zero-order chi connectivity index (χ0) is 10.0. The first-order chi connectivity index (χ1) is 6.68. The number of hydrogen-bond acceptors (Lipinski definition) is 3. The Kier molecular flexibility index (Phi) is 2.88. The first-order valence-electron chi connectivity index (χ1n) is 5.33. The van der Waals surface area contributed by atoms with Crippen molar-refractivity contribution >= 4 is 11.3 Å². The summed E-state index contributed by atoms with van der Waals surface area (Å²) in [6.45, 7) is 5.54. The van der Waals surface area contributed by atoms with Crippen LogP contribution in [0.15, 0.2) is 11.6 Å². The molecule has 0 radical (unpaired) electrons. The second kappa shape index (κ2) is 3.99. The van der Waals surface area contributed by atoms with E-state index in [0.29, 0.717) is 0 Å². The summed E-state index contributed by atoms with van der Waals surface area (Å²) in [6.07, 6.45) is 6.10. The number of nitrogens with zero attached hydrogens (tertiary/aromatic N) is 1. The van der Waals surface area contributed by atoms with E-state index in [-0.39, 0.29) is 5.54 Å². The van der Waals surface area contributed by atoms with Gasteiger partial charge in [-0.2, -0.15) is 0 Å². The van der Waals surface area contributed by atoms with Crippen LogP contribution in [-0.2, 0) is 5.54 Å². The Morgan fingerprint density at radius 2 is 2.36 bits per heavy atom. The molecule has 0 spiro atoms. The smallest absolute Gasteiger partial charge is 0.112 e.